The average Bonchev–Trinajstić information content (AvgIpc) is 2.24. The number of rotatable bonds is 1. The third-order valence-electron chi connectivity index (χ3n) is 3.17. The normalized spacial score (nSPS) is 25.2. The lowest BCUT2D eigenvalue weighted by atomic mass is 9.88. The Morgan fingerprint density at radius 1 is 1.06 bits per heavy atom. The van der Waals surface area contributed by atoms with E-state index in [-0.39, 0.29) is 5.57 Å². The van der Waals surface area contributed by atoms with E-state index in [9.17, 15) is 9.59 Å². The quantitative estimate of drug-likeness (QED) is 0.399. The summed E-state index contributed by atoms with van der Waals surface area (Å²) in [5.74, 6) is -1.95. The van der Waals surface area contributed by atoms with Crippen molar-refractivity contribution in [2.75, 3.05) is 0 Å². The number of allylic oxidation sites excluding steroid dienone is 1. The van der Waals surface area contributed by atoms with Gasteiger partial charge in [-0.3, -0.25) is 0 Å². The van der Waals surface area contributed by atoms with E-state index in [0.29, 0.717) is 5.92 Å². The second kappa shape index (κ2) is 4.51. The van der Waals surface area contributed by atoms with Crippen molar-refractivity contribution >= 4 is 11.9 Å². The molecule has 17 heavy (non-hydrogen) atoms. The Morgan fingerprint density at radius 2 is 1.59 bits per heavy atom. The summed E-state index contributed by atoms with van der Waals surface area (Å²) >= 11 is 0. The van der Waals surface area contributed by atoms with Crippen molar-refractivity contribution < 1.29 is 19.1 Å². The highest BCUT2D eigenvalue weighted by Gasteiger charge is 2.39. The van der Waals surface area contributed by atoms with Crippen LogP contribution in [0, 0.1) is 5.92 Å². The van der Waals surface area contributed by atoms with E-state index < -0.39 is 17.7 Å². The van der Waals surface area contributed by atoms with Crippen LogP contribution in [0.15, 0.2) is 11.6 Å². The molecule has 0 amide bonds. The van der Waals surface area contributed by atoms with Gasteiger partial charge in [0.05, 0.1) is 0 Å². The van der Waals surface area contributed by atoms with Gasteiger partial charge in [0.15, 0.2) is 0 Å². The van der Waals surface area contributed by atoms with Crippen LogP contribution in [0.1, 0.15) is 46.0 Å². The smallest absolute Gasteiger partial charge is 0.348 e. The van der Waals surface area contributed by atoms with Gasteiger partial charge in [-0.25, -0.2) is 9.59 Å². The Kier molecular flexibility index (Phi) is 3.22. The number of hydrogen-bond acceptors (Lipinski definition) is 4. The number of carbonyl (C=O) groups is 2. The summed E-state index contributed by atoms with van der Waals surface area (Å²) in [6.07, 6.45) is 7.36. The van der Waals surface area contributed by atoms with Gasteiger partial charge in [0, 0.05) is 13.8 Å². The van der Waals surface area contributed by atoms with Crippen LogP contribution in [-0.2, 0) is 19.1 Å². The van der Waals surface area contributed by atoms with Crippen molar-refractivity contribution in [3.63, 3.8) is 0 Å². The SMILES string of the molecule is CC1(C)OC(=O)C(=CC2CCCCC2)C(=O)O1. The second-order valence-electron chi connectivity index (χ2n) is 5.16. The summed E-state index contributed by atoms with van der Waals surface area (Å²) in [5.41, 5.74) is 0.0659. The monoisotopic (exact) mass is 238 g/mol. The molecule has 1 aliphatic heterocycles. The Labute approximate surface area is 101 Å². The molecule has 0 atom stereocenters. The first-order chi connectivity index (χ1) is 7.98. The van der Waals surface area contributed by atoms with Crippen molar-refractivity contribution in [2.24, 2.45) is 5.92 Å². The lowest BCUT2D eigenvalue weighted by Gasteiger charge is -2.30. The molecule has 0 aromatic rings. The molecule has 0 bridgehead atoms. The van der Waals surface area contributed by atoms with Gasteiger partial charge in [0.25, 0.3) is 5.79 Å². The molecule has 1 saturated heterocycles. The van der Waals surface area contributed by atoms with Crippen LogP contribution < -0.4 is 0 Å². The average molecular weight is 238 g/mol. The van der Waals surface area contributed by atoms with E-state index in [2.05, 4.69) is 0 Å². The van der Waals surface area contributed by atoms with E-state index >= 15 is 0 Å². The zero-order valence-electron chi connectivity index (χ0n) is 10.3. The van der Waals surface area contributed by atoms with Crippen molar-refractivity contribution in [2.45, 2.75) is 51.7 Å². The first kappa shape index (κ1) is 12.1. The van der Waals surface area contributed by atoms with Gasteiger partial charge < -0.3 is 9.47 Å². The van der Waals surface area contributed by atoms with Gasteiger partial charge in [0.1, 0.15) is 5.57 Å². The van der Waals surface area contributed by atoms with Crippen LogP contribution in [0.4, 0.5) is 0 Å². The first-order valence-corrected chi connectivity index (χ1v) is 6.16. The zero-order chi connectivity index (χ0) is 12.5. The number of ether oxygens (including phenoxy) is 2. The Bertz CT molecular complexity index is 340. The molecule has 1 saturated carbocycles. The molecule has 2 aliphatic rings. The van der Waals surface area contributed by atoms with E-state index in [1.54, 1.807) is 19.9 Å². The van der Waals surface area contributed by atoms with Gasteiger partial charge in [0.2, 0.25) is 0 Å². The molecule has 0 aromatic heterocycles. The minimum atomic E-state index is -1.14. The summed E-state index contributed by atoms with van der Waals surface area (Å²) in [6, 6.07) is 0. The maximum absolute atomic E-state index is 11.7. The highest BCUT2D eigenvalue weighted by atomic mass is 16.7. The number of carbonyl (C=O) groups excluding carboxylic acids is 2. The topological polar surface area (TPSA) is 52.6 Å². The minimum Gasteiger partial charge on any atom is -0.419 e. The van der Waals surface area contributed by atoms with Crippen molar-refractivity contribution in [3.05, 3.63) is 11.6 Å². The predicted octanol–water partition coefficient (Wildman–Crippen LogP) is 2.33. The van der Waals surface area contributed by atoms with Gasteiger partial charge in [-0.2, -0.15) is 0 Å². The van der Waals surface area contributed by atoms with E-state index in [1.807, 2.05) is 0 Å². The molecular formula is C13H18O4. The molecule has 2 fully saturated rings. The molecule has 0 unspecified atom stereocenters. The summed E-state index contributed by atoms with van der Waals surface area (Å²) in [7, 11) is 0. The Morgan fingerprint density at radius 3 is 2.12 bits per heavy atom. The molecule has 4 heteroatoms. The fraction of sp³-hybridized carbons (Fsp3) is 0.692. The van der Waals surface area contributed by atoms with Gasteiger partial charge in [-0.05, 0) is 18.8 Å². The van der Waals surface area contributed by atoms with Crippen LogP contribution >= 0.6 is 0 Å². The standard InChI is InChI=1S/C13H18O4/c1-13(2)16-11(14)10(12(15)17-13)8-9-6-4-3-5-7-9/h8-9H,3-7H2,1-2H3. The molecule has 94 valence electrons. The second-order valence-corrected chi connectivity index (χ2v) is 5.16. The van der Waals surface area contributed by atoms with Crippen molar-refractivity contribution in [3.8, 4) is 0 Å². The third kappa shape index (κ3) is 2.87. The van der Waals surface area contributed by atoms with Crippen LogP contribution in [0.5, 0.6) is 0 Å². The molecule has 1 aliphatic carbocycles. The van der Waals surface area contributed by atoms with Gasteiger partial charge in [-0.15, -0.1) is 0 Å². The van der Waals surface area contributed by atoms with Gasteiger partial charge in [-0.1, -0.05) is 25.3 Å². The summed E-state index contributed by atoms with van der Waals surface area (Å²) in [6.45, 7) is 3.11. The predicted molar refractivity (Wildman–Crippen MR) is 60.9 cm³/mol. The summed E-state index contributed by atoms with van der Waals surface area (Å²) < 4.78 is 10.1. The molecule has 0 aromatic carbocycles. The third-order valence-corrected chi connectivity index (χ3v) is 3.17. The Balaban J connectivity index is 2.12. The van der Waals surface area contributed by atoms with Gasteiger partial charge >= 0.3 is 11.9 Å². The summed E-state index contributed by atoms with van der Waals surface area (Å²) in [4.78, 5) is 23.4. The van der Waals surface area contributed by atoms with Crippen LogP contribution in [0.25, 0.3) is 0 Å². The number of esters is 2. The lowest BCUT2D eigenvalue weighted by molar-refractivity contribution is -0.222. The van der Waals surface area contributed by atoms with Crippen LogP contribution in [-0.4, -0.2) is 17.7 Å². The molecule has 0 spiro atoms. The van der Waals surface area contributed by atoms with Crippen LogP contribution in [0.2, 0.25) is 0 Å². The molecule has 0 radical (unpaired) electrons. The van der Waals surface area contributed by atoms with Crippen molar-refractivity contribution in [1.82, 2.24) is 0 Å². The number of hydrogen-bond donors (Lipinski definition) is 0. The first-order valence-electron chi connectivity index (χ1n) is 6.16. The zero-order valence-corrected chi connectivity index (χ0v) is 10.3. The fourth-order valence-electron chi connectivity index (χ4n) is 2.33. The summed E-state index contributed by atoms with van der Waals surface area (Å²) in [5, 5.41) is 0. The number of cyclic esters (lactones) is 2. The molecule has 1 heterocycles. The van der Waals surface area contributed by atoms with E-state index in [0.717, 1.165) is 25.7 Å². The molecule has 2 rings (SSSR count). The lowest BCUT2D eigenvalue weighted by Crippen LogP contribution is -2.42. The molecular weight excluding hydrogens is 220 g/mol. The highest BCUT2D eigenvalue weighted by Crippen LogP contribution is 2.29. The largest absolute Gasteiger partial charge is 0.419 e. The highest BCUT2D eigenvalue weighted by molar-refractivity contribution is 6.15. The Hall–Kier alpha value is -1.32. The van der Waals surface area contributed by atoms with Crippen LogP contribution in [0.3, 0.4) is 0 Å². The van der Waals surface area contributed by atoms with E-state index in [4.69, 9.17) is 9.47 Å². The molecule has 0 N–H and O–H groups in total. The van der Waals surface area contributed by atoms with E-state index in [1.165, 1.54) is 6.42 Å². The maximum Gasteiger partial charge on any atom is 0.348 e. The fourth-order valence-corrected chi connectivity index (χ4v) is 2.33. The van der Waals surface area contributed by atoms with Crippen molar-refractivity contribution in [1.29, 1.82) is 0 Å². The maximum atomic E-state index is 11.7. The minimum absolute atomic E-state index is 0.0659. The molecule has 4 nitrogen and oxygen atoms in total.